The van der Waals surface area contributed by atoms with E-state index in [4.69, 9.17) is 4.74 Å². The van der Waals surface area contributed by atoms with Crippen molar-refractivity contribution in [2.45, 2.75) is 33.1 Å². The molecule has 1 unspecified atom stereocenters. The number of aryl methyl sites for hydroxylation is 1. The zero-order valence-electron chi connectivity index (χ0n) is 12.0. The zero-order chi connectivity index (χ0) is 14.5. The summed E-state index contributed by atoms with van der Waals surface area (Å²) in [6.45, 7) is 4.28. The van der Waals surface area contributed by atoms with Gasteiger partial charge in [0.1, 0.15) is 0 Å². The van der Waals surface area contributed by atoms with Crippen molar-refractivity contribution in [1.82, 2.24) is 0 Å². The molecule has 0 N–H and O–H groups in total. The van der Waals surface area contributed by atoms with E-state index in [1.165, 1.54) is 0 Å². The van der Waals surface area contributed by atoms with E-state index >= 15 is 0 Å². The van der Waals surface area contributed by atoms with E-state index in [9.17, 15) is 8.78 Å². The summed E-state index contributed by atoms with van der Waals surface area (Å²) in [4.78, 5) is 0. The van der Waals surface area contributed by atoms with Crippen molar-refractivity contribution in [3.05, 3.63) is 52.8 Å². The van der Waals surface area contributed by atoms with Gasteiger partial charge >= 0.3 is 0 Å². The third kappa shape index (κ3) is 3.47. The van der Waals surface area contributed by atoms with Crippen LogP contribution >= 0.6 is 0 Å². The quantitative estimate of drug-likeness (QED) is 0.752. The predicted octanol–water partition coefficient (Wildman–Crippen LogP) is 5.01. The fourth-order valence-electron chi connectivity index (χ4n) is 2.21. The van der Waals surface area contributed by atoms with Gasteiger partial charge in [0.25, 0.3) is 0 Å². The number of halogens is 2. The van der Waals surface area contributed by atoms with Gasteiger partial charge < -0.3 is 4.74 Å². The average Bonchev–Trinajstić information content (AvgIpc) is 2.46. The van der Waals surface area contributed by atoms with Gasteiger partial charge in [0.15, 0.2) is 11.6 Å². The lowest BCUT2D eigenvalue weighted by Crippen LogP contribution is -2.11. The molecule has 0 saturated carbocycles. The largest absolute Gasteiger partial charge is 0.498 e. The molecule has 3 heteroatoms. The average molecular weight is 278 g/mol. The number of hydrogen-bond donors (Lipinski definition) is 0. The highest BCUT2D eigenvalue weighted by atomic mass is 19.2. The van der Waals surface area contributed by atoms with Gasteiger partial charge in [-0.3, -0.25) is 0 Å². The molecule has 0 aromatic heterocycles. The molecular formula is C17H20F2O. The SMILES string of the molecule is CCCC1=CCC(C=Cc2ccc(C)c(F)c2F)CO1. The van der Waals surface area contributed by atoms with Crippen LogP contribution in [0.3, 0.4) is 0 Å². The van der Waals surface area contributed by atoms with E-state index in [1.54, 1.807) is 25.1 Å². The second-order valence-corrected chi connectivity index (χ2v) is 5.19. The van der Waals surface area contributed by atoms with Gasteiger partial charge in [-0.25, -0.2) is 8.78 Å². The summed E-state index contributed by atoms with van der Waals surface area (Å²) in [5, 5.41) is 0. The van der Waals surface area contributed by atoms with E-state index in [-0.39, 0.29) is 11.5 Å². The highest BCUT2D eigenvalue weighted by Crippen LogP contribution is 2.22. The molecule has 1 aliphatic rings. The molecule has 108 valence electrons. The lowest BCUT2D eigenvalue weighted by atomic mass is 10.0. The molecule has 0 radical (unpaired) electrons. The van der Waals surface area contributed by atoms with Crippen LogP contribution in [-0.4, -0.2) is 6.61 Å². The van der Waals surface area contributed by atoms with Crippen molar-refractivity contribution in [1.29, 1.82) is 0 Å². The normalized spacial score (nSPS) is 19.0. The monoisotopic (exact) mass is 278 g/mol. The highest BCUT2D eigenvalue weighted by molar-refractivity contribution is 5.51. The van der Waals surface area contributed by atoms with E-state index in [0.717, 1.165) is 25.0 Å². The summed E-state index contributed by atoms with van der Waals surface area (Å²) in [6.07, 6.45) is 8.56. The molecule has 0 fully saturated rings. The lowest BCUT2D eigenvalue weighted by Gasteiger charge is -2.20. The van der Waals surface area contributed by atoms with Gasteiger partial charge in [0.2, 0.25) is 0 Å². The Hall–Kier alpha value is -1.64. The number of allylic oxidation sites excluding steroid dienone is 2. The first-order valence-corrected chi connectivity index (χ1v) is 7.06. The van der Waals surface area contributed by atoms with Crippen LogP contribution in [0.2, 0.25) is 0 Å². The second kappa shape index (κ2) is 6.69. The fraction of sp³-hybridized carbons (Fsp3) is 0.412. The molecule has 1 aliphatic heterocycles. The maximum atomic E-state index is 13.7. The topological polar surface area (TPSA) is 9.23 Å². The lowest BCUT2D eigenvalue weighted by molar-refractivity contribution is 0.157. The Morgan fingerprint density at radius 3 is 2.75 bits per heavy atom. The van der Waals surface area contributed by atoms with Gasteiger partial charge in [-0.05, 0) is 31.4 Å². The number of hydrogen-bond acceptors (Lipinski definition) is 1. The maximum absolute atomic E-state index is 13.7. The van der Waals surface area contributed by atoms with Gasteiger partial charge in [0.05, 0.1) is 12.4 Å². The molecule has 2 rings (SSSR count). The minimum absolute atomic E-state index is 0.222. The summed E-state index contributed by atoms with van der Waals surface area (Å²) >= 11 is 0. The predicted molar refractivity (Wildman–Crippen MR) is 77.2 cm³/mol. The Morgan fingerprint density at radius 2 is 2.10 bits per heavy atom. The van der Waals surface area contributed by atoms with Crippen LogP contribution in [0, 0.1) is 24.5 Å². The van der Waals surface area contributed by atoms with Crippen molar-refractivity contribution < 1.29 is 13.5 Å². The van der Waals surface area contributed by atoms with Crippen LogP contribution in [0.1, 0.15) is 37.3 Å². The Morgan fingerprint density at radius 1 is 1.30 bits per heavy atom. The molecule has 0 amide bonds. The van der Waals surface area contributed by atoms with Crippen LogP contribution < -0.4 is 0 Å². The third-order valence-electron chi connectivity index (χ3n) is 3.48. The molecule has 0 spiro atoms. The van der Waals surface area contributed by atoms with Crippen molar-refractivity contribution in [3.8, 4) is 0 Å². The van der Waals surface area contributed by atoms with Gasteiger partial charge in [-0.15, -0.1) is 0 Å². The van der Waals surface area contributed by atoms with E-state index in [1.807, 2.05) is 6.08 Å². The number of rotatable bonds is 4. The molecule has 1 atom stereocenters. The highest BCUT2D eigenvalue weighted by Gasteiger charge is 2.13. The molecule has 0 bridgehead atoms. The van der Waals surface area contributed by atoms with Crippen LogP contribution in [0.5, 0.6) is 0 Å². The van der Waals surface area contributed by atoms with Crippen LogP contribution in [-0.2, 0) is 4.74 Å². The van der Waals surface area contributed by atoms with Crippen molar-refractivity contribution in [2.24, 2.45) is 5.92 Å². The van der Waals surface area contributed by atoms with Crippen molar-refractivity contribution in [3.63, 3.8) is 0 Å². The summed E-state index contributed by atoms with van der Waals surface area (Å²) in [5.74, 6) is -0.276. The summed E-state index contributed by atoms with van der Waals surface area (Å²) in [7, 11) is 0. The number of ether oxygens (including phenoxy) is 1. The van der Waals surface area contributed by atoms with Crippen molar-refractivity contribution in [2.75, 3.05) is 6.61 Å². The van der Waals surface area contributed by atoms with Crippen LogP contribution in [0.25, 0.3) is 6.08 Å². The standard InChI is InChI=1S/C17H20F2O/c1-3-4-15-10-7-13(11-20-15)6-9-14-8-5-12(2)16(18)17(14)19/h5-6,8-10,13H,3-4,7,11H2,1-2H3. The zero-order valence-corrected chi connectivity index (χ0v) is 12.0. The molecule has 1 nitrogen and oxygen atoms in total. The van der Waals surface area contributed by atoms with E-state index < -0.39 is 11.6 Å². The summed E-state index contributed by atoms with van der Waals surface area (Å²) < 4.78 is 32.8. The molecular weight excluding hydrogens is 258 g/mol. The second-order valence-electron chi connectivity index (χ2n) is 5.19. The molecule has 1 heterocycles. The fourth-order valence-corrected chi connectivity index (χ4v) is 2.21. The third-order valence-corrected chi connectivity index (χ3v) is 3.48. The van der Waals surface area contributed by atoms with Gasteiger partial charge in [-0.2, -0.15) is 0 Å². The number of benzene rings is 1. The minimum Gasteiger partial charge on any atom is -0.498 e. The molecule has 1 aromatic carbocycles. The Labute approximate surface area is 119 Å². The first-order valence-electron chi connectivity index (χ1n) is 7.06. The first-order chi connectivity index (χ1) is 9.61. The Bertz CT molecular complexity index is 532. The van der Waals surface area contributed by atoms with Crippen molar-refractivity contribution >= 4 is 6.08 Å². The summed E-state index contributed by atoms with van der Waals surface area (Å²) in [5.41, 5.74) is 0.615. The van der Waals surface area contributed by atoms with Gasteiger partial charge in [0, 0.05) is 17.9 Å². The minimum atomic E-state index is -0.778. The smallest absolute Gasteiger partial charge is 0.166 e. The molecule has 0 saturated heterocycles. The van der Waals surface area contributed by atoms with Crippen LogP contribution in [0.4, 0.5) is 8.78 Å². The molecule has 1 aromatic rings. The summed E-state index contributed by atoms with van der Waals surface area (Å²) in [6, 6.07) is 3.20. The first kappa shape index (κ1) is 14.8. The maximum Gasteiger partial charge on any atom is 0.166 e. The Balaban J connectivity index is 2.03. The Kier molecular flexibility index (Phi) is 4.94. The molecule has 0 aliphatic carbocycles. The van der Waals surface area contributed by atoms with Gasteiger partial charge in [-0.1, -0.05) is 31.2 Å². The van der Waals surface area contributed by atoms with E-state index in [2.05, 4.69) is 13.0 Å². The van der Waals surface area contributed by atoms with Crippen LogP contribution in [0.15, 0.2) is 30.0 Å². The molecule has 20 heavy (non-hydrogen) atoms. The van der Waals surface area contributed by atoms with E-state index in [0.29, 0.717) is 12.2 Å².